The number of carboxylic acid groups (broad SMARTS) is 1. The number of para-hydroxylation sites is 1. The summed E-state index contributed by atoms with van der Waals surface area (Å²) in [4.78, 5) is 56.8. The first-order valence-corrected chi connectivity index (χ1v) is 13.6. The molecule has 0 unspecified atom stereocenters. The molecule has 226 valence electrons. The Labute approximate surface area is 249 Å². The Morgan fingerprint density at radius 2 is 1.45 bits per heavy atom. The van der Waals surface area contributed by atoms with E-state index in [1.165, 1.54) is 0 Å². The van der Waals surface area contributed by atoms with Crippen molar-refractivity contribution >= 4 is 40.3 Å². The smallest absolute Gasteiger partial charge is 0.475 e. The molecular weight excluding hydrogens is 577 g/mol. The minimum absolute atomic E-state index is 0.000523. The van der Waals surface area contributed by atoms with E-state index in [9.17, 15) is 27.6 Å². The molecule has 2 aliphatic heterocycles. The van der Waals surface area contributed by atoms with Crippen molar-refractivity contribution in [3.63, 3.8) is 0 Å². The van der Waals surface area contributed by atoms with Crippen LogP contribution in [0.5, 0.6) is 0 Å². The Morgan fingerprint density at radius 1 is 0.818 bits per heavy atom. The van der Waals surface area contributed by atoms with Crippen LogP contribution in [0.3, 0.4) is 0 Å². The first-order chi connectivity index (χ1) is 21.0. The van der Waals surface area contributed by atoms with Gasteiger partial charge < -0.3 is 24.8 Å². The number of amides is 3. The maximum atomic E-state index is 13.5. The molecule has 0 aliphatic carbocycles. The summed E-state index contributed by atoms with van der Waals surface area (Å²) in [5, 5.41) is 8.16. The van der Waals surface area contributed by atoms with Gasteiger partial charge in [-0.15, -0.1) is 0 Å². The van der Waals surface area contributed by atoms with E-state index in [2.05, 4.69) is 4.98 Å². The summed E-state index contributed by atoms with van der Waals surface area (Å²) in [6.45, 7) is 1.94. The number of anilines is 1. The highest BCUT2D eigenvalue weighted by Gasteiger charge is 2.38. The first-order valence-electron chi connectivity index (χ1n) is 13.6. The topological polar surface area (TPSA) is 114 Å². The summed E-state index contributed by atoms with van der Waals surface area (Å²) in [6.07, 6.45) is 0.733. The van der Waals surface area contributed by atoms with Crippen LogP contribution in [0.4, 0.5) is 18.9 Å². The predicted octanol–water partition coefficient (Wildman–Crippen LogP) is 5.00. The highest BCUT2D eigenvalue weighted by Crippen LogP contribution is 2.28. The number of aromatic amines is 1. The molecule has 6 rings (SSSR count). The average molecular weight is 605 g/mol. The summed E-state index contributed by atoms with van der Waals surface area (Å²) in [5.74, 6) is -3.09. The Hall–Kier alpha value is -5.39. The van der Waals surface area contributed by atoms with Gasteiger partial charge >= 0.3 is 12.1 Å². The van der Waals surface area contributed by atoms with Gasteiger partial charge in [0.1, 0.15) is 6.54 Å². The Morgan fingerprint density at radius 3 is 2.14 bits per heavy atom. The van der Waals surface area contributed by atoms with Crippen molar-refractivity contribution in [1.82, 2.24) is 14.8 Å². The number of aromatic nitrogens is 1. The van der Waals surface area contributed by atoms with Crippen LogP contribution in [0.15, 0.2) is 91.1 Å². The number of carbonyl (C=O) groups is 4. The van der Waals surface area contributed by atoms with Crippen molar-refractivity contribution in [3.05, 3.63) is 113 Å². The van der Waals surface area contributed by atoms with Gasteiger partial charge in [0.05, 0.1) is 6.54 Å². The van der Waals surface area contributed by atoms with Crippen LogP contribution in [-0.2, 0) is 22.7 Å². The summed E-state index contributed by atoms with van der Waals surface area (Å²) in [7, 11) is 0. The van der Waals surface area contributed by atoms with E-state index in [-0.39, 0.29) is 24.3 Å². The Bertz CT molecular complexity index is 1740. The van der Waals surface area contributed by atoms with Crippen LogP contribution in [0.2, 0.25) is 0 Å². The fraction of sp³-hybridized carbons (Fsp3) is 0.188. The van der Waals surface area contributed by atoms with Gasteiger partial charge in [0.25, 0.3) is 11.8 Å². The van der Waals surface area contributed by atoms with Crippen LogP contribution < -0.4 is 4.90 Å². The van der Waals surface area contributed by atoms with Crippen molar-refractivity contribution in [3.8, 4) is 0 Å². The quantitative estimate of drug-likeness (QED) is 0.318. The lowest BCUT2D eigenvalue weighted by Gasteiger charge is -2.23. The maximum absolute atomic E-state index is 13.5. The molecule has 2 N–H and O–H groups in total. The van der Waals surface area contributed by atoms with E-state index in [1.54, 1.807) is 20.8 Å². The molecule has 3 aromatic carbocycles. The van der Waals surface area contributed by atoms with Gasteiger partial charge in [-0.25, -0.2) is 4.79 Å². The van der Waals surface area contributed by atoms with E-state index in [1.807, 2.05) is 85.1 Å². The minimum Gasteiger partial charge on any atom is -0.475 e. The molecule has 0 fully saturated rings. The molecule has 0 saturated carbocycles. The van der Waals surface area contributed by atoms with Gasteiger partial charge in [-0.2, -0.15) is 13.2 Å². The SMILES string of the molecule is O=C(O)C(F)(F)F.O=C(c1ccc(CN2C(=O)CN(C(=O)c3ccc4cc[nH]c4c3)Cc3ccccc32)cc1)N1CC=CC1. The van der Waals surface area contributed by atoms with Gasteiger partial charge in [0.2, 0.25) is 5.91 Å². The number of alkyl halides is 3. The molecule has 0 saturated heterocycles. The highest BCUT2D eigenvalue weighted by molar-refractivity contribution is 6.03. The lowest BCUT2D eigenvalue weighted by molar-refractivity contribution is -0.192. The molecule has 2 aliphatic rings. The first kappa shape index (κ1) is 30.1. The number of rotatable bonds is 4. The molecule has 0 radical (unpaired) electrons. The van der Waals surface area contributed by atoms with Crippen LogP contribution >= 0.6 is 0 Å². The third-order valence-electron chi connectivity index (χ3n) is 7.25. The van der Waals surface area contributed by atoms with Gasteiger partial charge in [-0.3, -0.25) is 14.4 Å². The maximum Gasteiger partial charge on any atom is 0.490 e. The van der Waals surface area contributed by atoms with E-state index < -0.39 is 12.1 Å². The highest BCUT2D eigenvalue weighted by atomic mass is 19.4. The molecule has 0 bridgehead atoms. The van der Waals surface area contributed by atoms with Crippen molar-refractivity contribution in [1.29, 1.82) is 0 Å². The summed E-state index contributed by atoms with van der Waals surface area (Å²) in [6, 6.07) is 22.6. The number of nitrogens with one attached hydrogen (secondary N) is 1. The molecule has 3 heterocycles. The lowest BCUT2D eigenvalue weighted by atomic mass is 10.1. The van der Waals surface area contributed by atoms with E-state index >= 15 is 0 Å². The second-order valence-electron chi connectivity index (χ2n) is 10.2. The number of carboxylic acids is 1. The minimum atomic E-state index is -5.08. The molecule has 12 heteroatoms. The molecule has 44 heavy (non-hydrogen) atoms. The van der Waals surface area contributed by atoms with Crippen molar-refractivity contribution in [2.24, 2.45) is 0 Å². The normalized spacial score (nSPS) is 14.6. The number of hydrogen-bond donors (Lipinski definition) is 2. The van der Waals surface area contributed by atoms with Gasteiger partial charge in [0.15, 0.2) is 0 Å². The predicted molar refractivity (Wildman–Crippen MR) is 156 cm³/mol. The largest absolute Gasteiger partial charge is 0.490 e. The molecule has 4 aromatic rings. The number of halogens is 3. The Balaban J connectivity index is 0.000000493. The van der Waals surface area contributed by atoms with Crippen LogP contribution in [0.25, 0.3) is 10.9 Å². The summed E-state index contributed by atoms with van der Waals surface area (Å²) in [5.41, 5.74) is 4.68. The number of H-pyrrole nitrogens is 1. The fourth-order valence-electron chi connectivity index (χ4n) is 4.99. The standard InChI is InChI=1S/C30H26N4O3.C2HF3O2/c35-28-20-33(30(37)24-12-11-22-13-14-31-26(22)17-24)19-25-5-1-2-6-27(25)34(28)18-21-7-9-23(10-8-21)29(36)32-15-3-4-16-32;3-2(4,5)1(6)7/h1-14,17,31H,15-16,18-20H2;(H,6,7). The second-order valence-corrected chi connectivity index (χ2v) is 10.2. The van der Waals surface area contributed by atoms with Gasteiger partial charge in [-0.1, -0.05) is 48.6 Å². The van der Waals surface area contributed by atoms with Crippen molar-refractivity contribution in [2.45, 2.75) is 19.3 Å². The molecular formula is C32H27F3N4O5. The monoisotopic (exact) mass is 604 g/mol. The zero-order chi connectivity index (χ0) is 31.4. The van der Waals surface area contributed by atoms with Crippen molar-refractivity contribution < 1.29 is 37.5 Å². The number of benzene rings is 3. The molecule has 3 amide bonds. The molecule has 0 atom stereocenters. The second kappa shape index (κ2) is 12.5. The van der Waals surface area contributed by atoms with Gasteiger partial charge in [0, 0.05) is 48.2 Å². The van der Waals surface area contributed by atoms with Crippen LogP contribution in [0.1, 0.15) is 31.8 Å². The molecule has 0 spiro atoms. The van der Waals surface area contributed by atoms with E-state index in [4.69, 9.17) is 9.90 Å². The lowest BCUT2D eigenvalue weighted by Crippen LogP contribution is -2.39. The summed E-state index contributed by atoms with van der Waals surface area (Å²) < 4.78 is 31.7. The van der Waals surface area contributed by atoms with Crippen LogP contribution in [0, 0.1) is 0 Å². The van der Waals surface area contributed by atoms with E-state index in [0.29, 0.717) is 37.3 Å². The zero-order valence-corrected chi connectivity index (χ0v) is 23.3. The third kappa shape index (κ3) is 6.64. The fourth-order valence-corrected chi connectivity index (χ4v) is 4.99. The Kier molecular flexibility index (Phi) is 8.52. The van der Waals surface area contributed by atoms with Crippen molar-refractivity contribution in [2.75, 3.05) is 24.5 Å². The number of fused-ring (bicyclic) bond motifs is 2. The molecule has 1 aromatic heterocycles. The number of hydrogen-bond acceptors (Lipinski definition) is 4. The van der Waals surface area contributed by atoms with Crippen LogP contribution in [-0.4, -0.2) is 69.4 Å². The summed E-state index contributed by atoms with van der Waals surface area (Å²) >= 11 is 0. The zero-order valence-electron chi connectivity index (χ0n) is 23.3. The number of aliphatic carboxylic acids is 1. The van der Waals surface area contributed by atoms with Gasteiger partial charge in [-0.05, 0) is 52.9 Å². The number of carbonyl (C=O) groups excluding carboxylic acids is 3. The number of nitrogens with zero attached hydrogens (tertiary/aromatic N) is 3. The average Bonchev–Trinajstić information content (AvgIpc) is 3.69. The molecule has 9 nitrogen and oxygen atoms in total. The van der Waals surface area contributed by atoms with E-state index in [0.717, 1.165) is 27.7 Å². The third-order valence-corrected chi connectivity index (χ3v) is 7.25.